The first-order valence-corrected chi connectivity index (χ1v) is 5.00. The number of aliphatic hydroxyl groups is 1. The van der Waals surface area contributed by atoms with Crippen molar-refractivity contribution in [3.05, 3.63) is 23.7 Å². The molecular formula is C11H19NO2. The van der Waals surface area contributed by atoms with Crippen LogP contribution in [0.2, 0.25) is 0 Å². The summed E-state index contributed by atoms with van der Waals surface area (Å²) in [5.74, 6) is 1.08. The van der Waals surface area contributed by atoms with Crippen LogP contribution in [0.5, 0.6) is 0 Å². The molecule has 0 bridgehead atoms. The number of furan rings is 1. The summed E-state index contributed by atoms with van der Waals surface area (Å²) in [5, 5.41) is 9.89. The fourth-order valence-corrected chi connectivity index (χ4v) is 1.56. The van der Waals surface area contributed by atoms with Crippen LogP contribution in [0.1, 0.15) is 37.7 Å². The van der Waals surface area contributed by atoms with E-state index >= 15 is 0 Å². The first-order valence-electron chi connectivity index (χ1n) is 5.00. The summed E-state index contributed by atoms with van der Waals surface area (Å²) in [4.78, 5) is 0. The molecule has 1 heterocycles. The van der Waals surface area contributed by atoms with E-state index in [4.69, 9.17) is 10.2 Å². The van der Waals surface area contributed by atoms with Gasteiger partial charge in [-0.1, -0.05) is 13.8 Å². The molecule has 3 N–H and O–H groups in total. The van der Waals surface area contributed by atoms with E-state index in [1.165, 1.54) is 0 Å². The van der Waals surface area contributed by atoms with E-state index in [1.54, 1.807) is 6.26 Å². The fourth-order valence-electron chi connectivity index (χ4n) is 1.56. The van der Waals surface area contributed by atoms with Crippen molar-refractivity contribution in [3.8, 4) is 0 Å². The molecule has 0 aliphatic rings. The van der Waals surface area contributed by atoms with Crippen LogP contribution in [0, 0.1) is 12.8 Å². The van der Waals surface area contributed by atoms with Crippen molar-refractivity contribution in [2.24, 2.45) is 11.7 Å². The van der Waals surface area contributed by atoms with E-state index in [1.807, 2.05) is 13.0 Å². The summed E-state index contributed by atoms with van der Waals surface area (Å²) < 4.78 is 5.20. The lowest BCUT2D eigenvalue weighted by Gasteiger charge is -2.19. The highest BCUT2D eigenvalue weighted by Gasteiger charge is 2.22. The molecule has 0 fully saturated rings. The average molecular weight is 197 g/mol. The Bertz CT molecular complexity index is 281. The Kier molecular flexibility index (Phi) is 3.72. The largest absolute Gasteiger partial charge is 0.466 e. The van der Waals surface area contributed by atoms with E-state index < -0.39 is 6.10 Å². The van der Waals surface area contributed by atoms with Crippen LogP contribution in [-0.2, 0) is 0 Å². The van der Waals surface area contributed by atoms with E-state index in [-0.39, 0.29) is 6.04 Å². The second-order valence-electron chi connectivity index (χ2n) is 4.21. The van der Waals surface area contributed by atoms with Gasteiger partial charge in [0.1, 0.15) is 11.9 Å². The molecule has 1 aromatic heterocycles. The molecule has 1 aromatic rings. The van der Waals surface area contributed by atoms with Crippen molar-refractivity contribution in [1.29, 1.82) is 0 Å². The fraction of sp³-hybridized carbons (Fsp3) is 0.636. The zero-order valence-corrected chi connectivity index (χ0v) is 9.03. The lowest BCUT2D eigenvalue weighted by atomic mass is 9.97. The molecule has 0 saturated heterocycles. The molecule has 3 nitrogen and oxygen atoms in total. The minimum atomic E-state index is -0.688. The van der Waals surface area contributed by atoms with Crippen LogP contribution in [0.15, 0.2) is 16.7 Å². The maximum atomic E-state index is 9.89. The molecule has 0 saturated carbocycles. The Labute approximate surface area is 84.9 Å². The van der Waals surface area contributed by atoms with Gasteiger partial charge in [-0.3, -0.25) is 0 Å². The minimum absolute atomic E-state index is 0.250. The van der Waals surface area contributed by atoms with Crippen LogP contribution < -0.4 is 5.73 Å². The van der Waals surface area contributed by atoms with E-state index in [0.29, 0.717) is 11.7 Å². The summed E-state index contributed by atoms with van der Waals surface area (Å²) in [6.45, 7) is 6.08. The lowest BCUT2D eigenvalue weighted by molar-refractivity contribution is 0.111. The van der Waals surface area contributed by atoms with Crippen LogP contribution in [0.3, 0.4) is 0 Å². The third-order valence-corrected chi connectivity index (χ3v) is 2.32. The second-order valence-corrected chi connectivity index (χ2v) is 4.21. The van der Waals surface area contributed by atoms with Gasteiger partial charge in [-0.25, -0.2) is 0 Å². The quantitative estimate of drug-likeness (QED) is 0.776. The first kappa shape index (κ1) is 11.3. The average Bonchev–Trinajstić information content (AvgIpc) is 2.48. The second kappa shape index (κ2) is 4.62. The first-order chi connectivity index (χ1) is 6.52. The molecular weight excluding hydrogens is 178 g/mol. The smallest absolute Gasteiger partial charge is 0.136 e. The van der Waals surface area contributed by atoms with Crippen LogP contribution in [-0.4, -0.2) is 11.1 Å². The van der Waals surface area contributed by atoms with Gasteiger partial charge in [-0.2, -0.15) is 0 Å². The van der Waals surface area contributed by atoms with Crippen LogP contribution in [0.4, 0.5) is 0 Å². The predicted molar refractivity (Wildman–Crippen MR) is 55.8 cm³/mol. The van der Waals surface area contributed by atoms with Crippen molar-refractivity contribution in [2.45, 2.75) is 39.3 Å². The van der Waals surface area contributed by atoms with Gasteiger partial charge in [-0.15, -0.1) is 0 Å². The molecule has 3 heteroatoms. The van der Waals surface area contributed by atoms with Crippen molar-refractivity contribution in [2.75, 3.05) is 0 Å². The van der Waals surface area contributed by atoms with E-state index in [9.17, 15) is 5.11 Å². The molecule has 0 spiro atoms. The predicted octanol–water partition coefficient (Wildman–Crippen LogP) is 1.99. The van der Waals surface area contributed by atoms with Gasteiger partial charge in [0.15, 0.2) is 0 Å². The van der Waals surface area contributed by atoms with E-state index in [0.717, 1.165) is 12.0 Å². The number of rotatable bonds is 4. The highest BCUT2D eigenvalue weighted by atomic mass is 16.4. The Balaban J connectivity index is 2.65. The molecule has 0 aromatic carbocycles. The monoisotopic (exact) mass is 197 g/mol. The molecule has 0 aliphatic carbocycles. The van der Waals surface area contributed by atoms with Gasteiger partial charge >= 0.3 is 0 Å². The molecule has 14 heavy (non-hydrogen) atoms. The van der Waals surface area contributed by atoms with Crippen molar-refractivity contribution in [3.63, 3.8) is 0 Å². The third-order valence-electron chi connectivity index (χ3n) is 2.32. The number of hydrogen-bond acceptors (Lipinski definition) is 3. The molecule has 80 valence electrons. The summed E-state index contributed by atoms with van der Waals surface area (Å²) in [7, 11) is 0. The molecule has 2 atom stereocenters. The number of hydrogen-bond donors (Lipinski definition) is 2. The van der Waals surface area contributed by atoms with E-state index in [2.05, 4.69) is 13.8 Å². The Morgan fingerprint density at radius 1 is 1.50 bits per heavy atom. The zero-order chi connectivity index (χ0) is 10.7. The lowest BCUT2D eigenvalue weighted by Crippen LogP contribution is -2.29. The van der Waals surface area contributed by atoms with Gasteiger partial charge in [0.25, 0.3) is 0 Å². The van der Waals surface area contributed by atoms with Gasteiger partial charge in [0, 0.05) is 6.04 Å². The minimum Gasteiger partial charge on any atom is -0.466 e. The van der Waals surface area contributed by atoms with Crippen LogP contribution in [0.25, 0.3) is 0 Å². The highest BCUT2D eigenvalue weighted by Crippen LogP contribution is 2.23. The normalized spacial score (nSPS) is 15.9. The Hall–Kier alpha value is -0.800. The maximum absolute atomic E-state index is 9.89. The number of aryl methyl sites for hydroxylation is 1. The zero-order valence-electron chi connectivity index (χ0n) is 9.03. The van der Waals surface area contributed by atoms with Crippen molar-refractivity contribution >= 4 is 0 Å². The van der Waals surface area contributed by atoms with Gasteiger partial charge in [-0.05, 0) is 30.9 Å². The molecule has 0 amide bonds. The summed E-state index contributed by atoms with van der Waals surface area (Å²) in [6.07, 6.45) is 1.68. The Morgan fingerprint density at radius 3 is 2.57 bits per heavy atom. The third kappa shape index (κ3) is 2.59. The summed E-state index contributed by atoms with van der Waals surface area (Å²) in [5.41, 5.74) is 6.82. The van der Waals surface area contributed by atoms with Gasteiger partial charge in [0.2, 0.25) is 0 Å². The topological polar surface area (TPSA) is 59.4 Å². The number of nitrogens with two attached hydrogens (primary N) is 1. The Morgan fingerprint density at radius 2 is 2.14 bits per heavy atom. The highest BCUT2D eigenvalue weighted by molar-refractivity contribution is 5.18. The maximum Gasteiger partial charge on any atom is 0.136 e. The SMILES string of the molecule is Cc1ccoc1C(O)C(N)CC(C)C. The van der Waals surface area contributed by atoms with Crippen LogP contribution >= 0.6 is 0 Å². The summed E-state index contributed by atoms with van der Waals surface area (Å²) in [6, 6.07) is 1.58. The standard InChI is InChI=1S/C11H19NO2/c1-7(2)6-9(12)10(13)11-8(3)4-5-14-11/h4-5,7,9-10,13H,6,12H2,1-3H3. The van der Waals surface area contributed by atoms with Crippen molar-refractivity contribution < 1.29 is 9.52 Å². The molecule has 0 radical (unpaired) electrons. The number of aliphatic hydroxyl groups excluding tert-OH is 1. The van der Waals surface area contributed by atoms with Gasteiger partial charge in [0.05, 0.1) is 6.26 Å². The van der Waals surface area contributed by atoms with Crippen molar-refractivity contribution in [1.82, 2.24) is 0 Å². The molecule has 1 rings (SSSR count). The van der Waals surface area contributed by atoms with Gasteiger partial charge < -0.3 is 15.3 Å². The summed E-state index contributed by atoms with van der Waals surface area (Å²) >= 11 is 0. The molecule has 2 unspecified atom stereocenters. The molecule has 0 aliphatic heterocycles.